The quantitative estimate of drug-likeness (QED) is 0.223. The first-order chi connectivity index (χ1) is 26.7. The molecular formula is C40H46N10O5. The molecule has 0 spiro atoms. The van der Waals surface area contributed by atoms with Gasteiger partial charge in [-0.2, -0.15) is 0 Å². The van der Waals surface area contributed by atoms with Crippen LogP contribution in [0.2, 0.25) is 0 Å². The summed E-state index contributed by atoms with van der Waals surface area (Å²) < 4.78 is 6.11. The zero-order chi connectivity index (χ0) is 37.8. The fourth-order valence-corrected chi connectivity index (χ4v) is 9.14. The highest BCUT2D eigenvalue weighted by Crippen LogP contribution is 2.39. The monoisotopic (exact) mass is 746 g/mol. The van der Waals surface area contributed by atoms with E-state index in [2.05, 4.69) is 54.6 Å². The van der Waals surface area contributed by atoms with Gasteiger partial charge in [-0.05, 0) is 61.9 Å². The van der Waals surface area contributed by atoms with Crippen LogP contribution in [0, 0.1) is 0 Å². The Morgan fingerprint density at radius 2 is 1.75 bits per heavy atom. The SMILES string of the molecule is CN1CCN([C@@H]2CCCN(c3cnc(C(N)=O)c(Nc4ccc(N5CCC(N6Cc7ccc8c(C9CCC(=O)NC9=O)coc8c7C6)CC5)cc4)n3)C2)C1=O. The van der Waals surface area contributed by atoms with E-state index in [1.54, 1.807) is 17.4 Å². The number of furan rings is 1. The lowest BCUT2D eigenvalue weighted by atomic mass is 9.89. The van der Waals surface area contributed by atoms with Crippen LogP contribution in [-0.2, 0) is 22.7 Å². The van der Waals surface area contributed by atoms with Crippen LogP contribution >= 0.6 is 0 Å². The number of urea groups is 1. The van der Waals surface area contributed by atoms with E-state index in [4.69, 9.17) is 15.1 Å². The molecule has 1 unspecified atom stereocenters. The average molecular weight is 747 g/mol. The first-order valence-corrected chi connectivity index (χ1v) is 19.4. The number of fused-ring (bicyclic) bond motifs is 3. The molecule has 15 nitrogen and oxygen atoms in total. The van der Waals surface area contributed by atoms with Crippen molar-refractivity contribution in [3.05, 3.63) is 71.2 Å². The number of likely N-dealkylation sites (N-methyl/N-ethyl adjacent to an activating group) is 1. The Morgan fingerprint density at radius 3 is 2.49 bits per heavy atom. The Hall–Kier alpha value is -5.70. The molecule has 2 aromatic heterocycles. The van der Waals surface area contributed by atoms with Crippen molar-refractivity contribution in [2.24, 2.45) is 5.73 Å². The number of primary amides is 1. The van der Waals surface area contributed by atoms with Crippen LogP contribution in [0.25, 0.3) is 11.0 Å². The number of hydrogen-bond donors (Lipinski definition) is 3. The molecule has 9 rings (SSSR count). The number of nitrogens with two attached hydrogens (primary N) is 1. The molecule has 286 valence electrons. The minimum absolute atomic E-state index is 0.0653. The number of carbonyl (C=O) groups is 4. The number of hydrogen-bond acceptors (Lipinski definition) is 11. The largest absolute Gasteiger partial charge is 0.464 e. The van der Waals surface area contributed by atoms with E-state index < -0.39 is 5.91 Å². The lowest BCUT2D eigenvalue weighted by Gasteiger charge is -2.38. The molecule has 4 saturated heterocycles. The van der Waals surface area contributed by atoms with Crippen molar-refractivity contribution in [1.82, 2.24) is 30.0 Å². The molecule has 5 aliphatic rings. The normalized spacial score (nSPS) is 22.5. The third-order valence-electron chi connectivity index (χ3n) is 12.2. The number of aromatic nitrogens is 2. The molecule has 0 radical (unpaired) electrons. The van der Waals surface area contributed by atoms with Gasteiger partial charge in [0.2, 0.25) is 11.8 Å². The Bertz CT molecular complexity index is 2160. The summed E-state index contributed by atoms with van der Waals surface area (Å²) in [5.41, 5.74) is 11.9. The second-order valence-electron chi connectivity index (χ2n) is 15.5. The van der Waals surface area contributed by atoms with Gasteiger partial charge in [0.25, 0.3) is 5.91 Å². The summed E-state index contributed by atoms with van der Waals surface area (Å²) in [6.07, 6.45) is 8.06. The van der Waals surface area contributed by atoms with E-state index in [9.17, 15) is 19.2 Å². The molecule has 5 aliphatic heterocycles. The summed E-state index contributed by atoms with van der Waals surface area (Å²) in [7, 11) is 1.84. The third kappa shape index (κ3) is 6.59. The zero-order valence-electron chi connectivity index (χ0n) is 31.0. The van der Waals surface area contributed by atoms with Gasteiger partial charge in [-0.15, -0.1) is 0 Å². The number of nitrogens with zero attached hydrogens (tertiary/aromatic N) is 7. The summed E-state index contributed by atoms with van der Waals surface area (Å²) in [5, 5.41) is 6.73. The van der Waals surface area contributed by atoms with E-state index in [0.29, 0.717) is 37.1 Å². The van der Waals surface area contributed by atoms with Gasteiger partial charge in [0.15, 0.2) is 11.5 Å². The Balaban J connectivity index is 0.825. The van der Waals surface area contributed by atoms with Crippen LogP contribution in [0.4, 0.5) is 27.8 Å². The third-order valence-corrected chi connectivity index (χ3v) is 12.2. The Labute approximate surface area is 318 Å². The van der Waals surface area contributed by atoms with Crippen molar-refractivity contribution in [3.8, 4) is 0 Å². The van der Waals surface area contributed by atoms with Crippen LogP contribution in [0.15, 0.2) is 53.3 Å². The number of rotatable bonds is 8. The summed E-state index contributed by atoms with van der Waals surface area (Å²) in [6, 6.07) is 13.0. The van der Waals surface area contributed by atoms with Crippen molar-refractivity contribution in [3.63, 3.8) is 0 Å². The van der Waals surface area contributed by atoms with Crippen molar-refractivity contribution in [2.45, 2.75) is 69.6 Å². The minimum Gasteiger partial charge on any atom is -0.464 e. The van der Waals surface area contributed by atoms with Gasteiger partial charge in [-0.25, -0.2) is 14.8 Å². The minimum atomic E-state index is -0.657. The van der Waals surface area contributed by atoms with Crippen LogP contribution in [-0.4, -0.2) is 107 Å². The summed E-state index contributed by atoms with van der Waals surface area (Å²) >= 11 is 0. The molecule has 4 fully saturated rings. The number of benzene rings is 2. The number of piperidine rings is 3. The molecule has 5 amide bonds. The number of nitrogens with one attached hydrogen (secondary N) is 2. The Morgan fingerprint density at radius 1 is 0.927 bits per heavy atom. The average Bonchev–Trinajstić information content (AvgIpc) is 3.92. The van der Waals surface area contributed by atoms with Crippen molar-refractivity contribution in [2.75, 3.05) is 61.4 Å². The highest BCUT2D eigenvalue weighted by atomic mass is 16.3. The number of amides is 5. The fraction of sp³-hybridized carbons (Fsp3) is 0.450. The highest BCUT2D eigenvalue weighted by Gasteiger charge is 2.36. The van der Waals surface area contributed by atoms with Gasteiger partial charge in [-0.3, -0.25) is 24.6 Å². The number of imide groups is 1. The first-order valence-electron chi connectivity index (χ1n) is 19.4. The number of carbonyl (C=O) groups excluding carboxylic acids is 4. The summed E-state index contributed by atoms with van der Waals surface area (Å²) in [4.78, 5) is 69.3. The molecule has 0 aliphatic carbocycles. The standard InChI is InChI=1S/C40H46N10O5/c1-46-17-18-50(40(46)54)28-3-2-14-48(21-28)33-19-42-35(37(41)52)38(44-33)43-25-5-7-26(8-6-25)47-15-12-27(13-16-47)49-20-24-4-9-29-32(23-55-36(29)31(24)22-49)30-10-11-34(51)45-39(30)53/h4-9,19,23,27-28,30H,2-3,10-18,20-22H2,1H3,(H2,41,52)(H,43,44)(H,45,51,53)/t28-,30?/m1/s1. The van der Waals surface area contributed by atoms with Crippen LogP contribution in [0.1, 0.15) is 71.6 Å². The van der Waals surface area contributed by atoms with E-state index >= 15 is 0 Å². The Kier molecular flexibility index (Phi) is 9.03. The van der Waals surface area contributed by atoms with Crippen molar-refractivity contribution >= 4 is 57.7 Å². The van der Waals surface area contributed by atoms with E-state index in [1.165, 1.54) is 11.1 Å². The molecule has 2 atom stereocenters. The summed E-state index contributed by atoms with van der Waals surface area (Å²) in [6.45, 7) is 6.43. The lowest BCUT2D eigenvalue weighted by molar-refractivity contribution is -0.134. The molecule has 0 bridgehead atoms. The molecule has 0 saturated carbocycles. The second-order valence-corrected chi connectivity index (χ2v) is 15.5. The summed E-state index contributed by atoms with van der Waals surface area (Å²) in [5.74, 6) is -0.537. The molecule has 4 N–H and O–H groups in total. The van der Waals surface area contributed by atoms with Gasteiger partial charge in [0, 0.05) is 99.8 Å². The van der Waals surface area contributed by atoms with Crippen molar-refractivity contribution < 1.29 is 23.6 Å². The smallest absolute Gasteiger partial charge is 0.320 e. The first kappa shape index (κ1) is 35.0. The molecule has 15 heteroatoms. The van der Waals surface area contributed by atoms with E-state index in [-0.39, 0.29) is 35.5 Å². The molecule has 2 aromatic carbocycles. The molecule has 4 aromatic rings. The zero-order valence-corrected chi connectivity index (χ0v) is 31.0. The van der Waals surface area contributed by atoms with E-state index in [0.717, 1.165) is 99.4 Å². The van der Waals surface area contributed by atoms with Gasteiger partial charge in [-0.1, -0.05) is 12.1 Å². The van der Waals surface area contributed by atoms with Gasteiger partial charge in [0.1, 0.15) is 11.4 Å². The predicted octanol–water partition coefficient (Wildman–Crippen LogP) is 3.91. The van der Waals surface area contributed by atoms with E-state index in [1.807, 2.05) is 24.1 Å². The number of anilines is 4. The molecular weight excluding hydrogens is 701 g/mol. The molecule has 55 heavy (non-hydrogen) atoms. The topological polar surface area (TPSA) is 173 Å². The maximum atomic E-state index is 12.7. The van der Waals surface area contributed by atoms with Gasteiger partial charge >= 0.3 is 6.03 Å². The fourth-order valence-electron chi connectivity index (χ4n) is 9.14. The molecule has 7 heterocycles. The van der Waals surface area contributed by atoms with Gasteiger partial charge < -0.3 is 35.1 Å². The van der Waals surface area contributed by atoms with Gasteiger partial charge in [0.05, 0.1) is 24.4 Å². The predicted molar refractivity (Wildman–Crippen MR) is 206 cm³/mol. The lowest BCUT2D eigenvalue weighted by Crippen LogP contribution is -2.49. The second kappa shape index (κ2) is 14.2. The van der Waals surface area contributed by atoms with Crippen LogP contribution in [0.5, 0.6) is 0 Å². The maximum Gasteiger partial charge on any atom is 0.320 e. The highest BCUT2D eigenvalue weighted by molar-refractivity contribution is 6.03. The maximum absolute atomic E-state index is 12.7. The van der Waals surface area contributed by atoms with Crippen LogP contribution in [0.3, 0.4) is 0 Å². The van der Waals surface area contributed by atoms with Crippen LogP contribution < -0.4 is 26.2 Å². The van der Waals surface area contributed by atoms with Crippen molar-refractivity contribution in [1.29, 1.82) is 0 Å².